The average Bonchev–Trinajstić information content (AvgIpc) is 2.64. The summed E-state index contributed by atoms with van der Waals surface area (Å²) in [6, 6.07) is 2.96. The zero-order valence-electron chi connectivity index (χ0n) is 15.6. The van der Waals surface area contributed by atoms with Gasteiger partial charge in [0.25, 0.3) is 0 Å². The summed E-state index contributed by atoms with van der Waals surface area (Å²) >= 11 is 0. The van der Waals surface area contributed by atoms with Crippen molar-refractivity contribution in [2.45, 2.75) is 57.6 Å². The third-order valence-corrected chi connectivity index (χ3v) is 5.19. The highest BCUT2D eigenvalue weighted by Gasteiger charge is 2.35. The fourth-order valence-electron chi connectivity index (χ4n) is 3.66. The molecule has 27 heavy (non-hydrogen) atoms. The maximum absolute atomic E-state index is 9.88. The quantitative estimate of drug-likeness (QED) is 0.427. The molecule has 0 radical (unpaired) electrons. The smallest absolute Gasteiger partial charge is 0.181 e. The van der Waals surface area contributed by atoms with Gasteiger partial charge in [-0.2, -0.15) is 0 Å². The fraction of sp³-hybridized carbons (Fsp3) is 0.684. The third kappa shape index (κ3) is 4.53. The molecule has 4 N–H and O–H groups in total. The van der Waals surface area contributed by atoms with Crippen molar-refractivity contribution in [2.75, 3.05) is 19.8 Å². The largest absolute Gasteiger partial charge is 0.504 e. The van der Waals surface area contributed by atoms with Crippen LogP contribution in [0.15, 0.2) is 12.1 Å². The Morgan fingerprint density at radius 3 is 2.56 bits per heavy atom. The van der Waals surface area contributed by atoms with Gasteiger partial charge in [0.15, 0.2) is 24.1 Å². The van der Waals surface area contributed by atoms with Gasteiger partial charge in [-0.1, -0.05) is 0 Å². The molecule has 6 atom stereocenters. The highest BCUT2D eigenvalue weighted by Crippen LogP contribution is 2.42. The van der Waals surface area contributed by atoms with Crippen LogP contribution in [0, 0.1) is 5.92 Å². The molecule has 1 fully saturated rings. The number of aliphatic hydroxyl groups excluding tert-OH is 2. The Morgan fingerprint density at radius 1 is 1.15 bits per heavy atom. The minimum absolute atomic E-state index is 0.104. The number of hydrogen-bond acceptors (Lipinski definition) is 8. The van der Waals surface area contributed by atoms with Crippen LogP contribution < -0.4 is 0 Å². The summed E-state index contributed by atoms with van der Waals surface area (Å²) in [4.78, 5) is 0. The molecule has 1 aromatic rings. The fourth-order valence-corrected chi connectivity index (χ4v) is 3.66. The first-order chi connectivity index (χ1) is 12.9. The van der Waals surface area contributed by atoms with E-state index < -0.39 is 18.5 Å². The number of ether oxygens (including phenoxy) is 4. The topological polar surface area (TPSA) is 118 Å². The second-order valence-electron chi connectivity index (χ2n) is 7.11. The van der Waals surface area contributed by atoms with Gasteiger partial charge < -0.3 is 39.4 Å². The number of aromatic hydroxyl groups is 2. The van der Waals surface area contributed by atoms with Gasteiger partial charge in [0.2, 0.25) is 0 Å². The van der Waals surface area contributed by atoms with E-state index in [0.29, 0.717) is 25.0 Å². The van der Waals surface area contributed by atoms with Crippen molar-refractivity contribution < 1.29 is 39.4 Å². The molecule has 0 amide bonds. The molecule has 0 bridgehead atoms. The molecule has 1 saturated heterocycles. The van der Waals surface area contributed by atoms with E-state index in [1.54, 1.807) is 6.92 Å². The first-order valence-corrected chi connectivity index (χ1v) is 9.27. The van der Waals surface area contributed by atoms with E-state index >= 15 is 0 Å². The Bertz CT molecular complexity index is 636. The van der Waals surface area contributed by atoms with E-state index in [1.807, 2.05) is 6.92 Å². The molecule has 0 saturated carbocycles. The summed E-state index contributed by atoms with van der Waals surface area (Å²) < 4.78 is 22.9. The zero-order chi connectivity index (χ0) is 19.6. The lowest BCUT2D eigenvalue weighted by molar-refractivity contribution is -0.297. The Balaban J connectivity index is 1.76. The number of phenolic OH excluding ortho intramolecular Hbond substituents is 2. The first-order valence-electron chi connectivity index (χ1n) is 9.27. The van der Waals surface area contributed by atoms with Gasteiger partial charge in [0, 0.05) is 12.5 Å². The Morgan fingerprint density at radius 2 is 1.89 bits per heavy atom. The van der Waals surface area contributed by atoms with Gasteiger partial charge in [-0.3, -0.25) is 0 Å². The van der Waals surface area contributed by atoms with Crippen LogP contribution in [0.2, 0.25) is 0 Å². The van der Waals surface area contributed by atoms with Crippen LogP contribution in [-0.2, 0) is 25.4 Å². The van der Waals surface area contributed by atoms with Crippen LogP contribution in [0.5, 0.6) is 11.5 Å². The van der Waals surface area contributed by atoms with Crippen molar-refractivity contribution in [3.8, 4) is 11.5 Å². The maximum Gasteiger partial charge on any atom is 0.181 e. The number of benzene rings is 1. The lowest BCUT2D eigenvalue weighted by Crippen LogP contribution is -2.46. The Hall–Kier alpha value is -1.42. The lowest BCUT2D eigenvalue weighted by atomic mass is 9.81. The van der Waals surface area contributed by atoms with Crippen LogP contribution in [-0.4, -0.2) is 65.0 Å². The highest BCUT2D eigenvalue weighted by molar-refractivity contribution is 5.47. The molecule has 1 aliphatic heterocycles. The first kappa shape index (κ1) is 20.3. The van der Waals surface area contributed by atoms with Crippen molar-refractivity contribution in [2.24, 2.45) is 5.92 Å². The molecule has 6 unspecified atom stereocenters. The van der Waals surface area contributed by atoms with Gasteiger partial charge in [-0.25, -0.2) is 0 Å². The third-order valence-electron chi connectivity index (χ3n) is 5.19. The van der Waals surface area contributed by atoms with Crippen molar-refractivity contribution in [1.82, 2.24) is 0 Å². The highest BCUT2D eigenvalue weighted by atomic mass is 16.7. The number of fused-ring (bicyclic) bond motifs is 1. The van der Waals surface area contributed by atoms with Gasteiger partial charge in [-0.05, 0) is 49.9 Å². The predicted molar refractivity (Wildman–Crippen MR) is 94.2 cm³/mol. The van der Waals surface area contributed by atoms with Crippen LogP contribution in [0.25, 0.3) is 0 Å². The predicted octanol–water partition coefficient (Wildman–Crippen LogP) is 1.20. The molecule has 8 heteroatoms. The SMILES string of the molecule is CC1OCC(OC(CO)OC2c3cc(O)c(O)cc3CCC2CO)C(C)O1. The van der Waals surface area contributed by atoms with Crippen LogP contribution in [0.4, 0.5) is 0 Å². The summed E-state index contributed by atoms with van der Waals surface area (Å²) in [5.41, 5.74) is 1.51. The summed E-state index contributed by atoms with van der Waals surface area (Å²) in [6.45, 7) is 3.51. The lowest BCUT2D eigenvalue weighted by Gasteiger charge is -2.38. The number of hydrogen-bond donors (Lipinski definition) is 4. The summed E-state index contributed by atoms with van der Waals surface area (Å²) in [6.07, 6.45) is -1.16. The number of rotatable bonds is 6. The molecule has 1 aliphatic carbocycles. The Labute approximate surface area is 158 Å². The van der Waals surface area contributed by atoms with Gasteiger partial charge in [-0.15, -0.1) is 0 Å². The summed E-state index contributed by atoms with van der Waals surface area (Å²) in [5, 5.41) is 39.1. The number of phenols is 2. The van der Waals surface area contributed by atoms with E-state index in [9.17, 15) is 20.4 Å². The van der Waals surface area contributed by atoms with Crippen LogP contribution in [0.3, 0.4) is 0 Å². The van der Waals surface area contributed by atoms with Crippen molar-refractivity contribution >= 4 is 0 Å². The maximum atomic E-state index is 9.88. The van der Waals surface area contributed by atoms with Gasteiger partial charge in [0.1, 0.15) is 6.10 Å². The van der Waals surface area contributed by atoms with Gasteiger partial charge >= 0.3 is 0 Å². The second-order valence-corrected chi connectivity index (χ2v) is 7.11. The Kier molecular flexibility index (Phi) is 6.56. The molecular formula is C19H28O8. The molecule has 0 spiro atoms. The number of aliphatic hydroxyl groups is 2. The summed E-state index contributed by atoms with van der Waals surface area (Å²) in [5.74, 6) is -0.654. The minimum atomic E-state index is -0.945. The molecule has 0 aromatic heterocycles. The van der Waals surface area contributed by atoms with Crippen LogP contribution in [0.1, 0.15) is 37.5 Å². The monoisotopic (exact) mass is 384 g/mol. The molecule has 3 rings (SSSR count). The van der Waals surface area contributed by atoms with Crippen molar-refractivity contribution in [3.05, 3.63) is 23.3 Å². The van der Waals surface area contributed by atoms with Gasteiger partial charge in [0.05, 0.1) is 25.4 Å². The zero-order valence-corrected chi connectivity index (χ0v) is 15.6. The second kappa shape index (κ2) is 8.72. The van der Waals surface area contributed by atoms with E-state index in [4.69, 9.17) is 18.9 Å². The van der Waals surface area contributed by atoms with E-state index in [2.05, 4.69) is 0 Å². The van der Waals surface area contributed by atoms with Crippen molar-refractivity contribution in [3.63, 3.8) is 0 Å². The minimum Gasteiger partial charge on any atom is -0.504 e. The standard InChI is InChI=1S/C19H28O8/c1-10-17(9-24-11(2)25-10)26-18(8-21)27-19-13(7-20)4-3-12-5-15(22)16(23)6-14(12)19/h5-6,10-11,13,17-23H,3-4,7-9H2,1-2H3. The number of aryl methyl sites for hydroxylation is 1. The molecule has 1 aromatic carbocycles. The van der Waals surface area contributed by atoms with Crippen molar-refractivity contribution in [1.29, 1.82) is 0 Å². The molecule has 2 aliphatic rings. The van der Waals surface area contributed by atoms with Crippen LogP contribution >= 0.6 is 0 Å². The molecule has 8 nitrogen and oxygen atoms in total. The molecule has 152 valence electrons. The normalized spacial score (nSPS) is 32.1. The van der Waals surface area contributed by atoms with E-state index in [1.165, 1.54) is 12.1 Å². The molecular weight excluding hydrogens is 356 g/mol. The molecule has 1 heterocycles. The van der Waals surface area contributed by atoms with E-state index in [-0.39, 0.29) is 43.0 Å². The van der Waals surface area contributed by atoms with E-state index in [0.717, 1.165) is 5.56 Å². The average molecular weight is 384 g/mol. The summed E-state index contributed by atoms with van der Waals surface area (Å²) in [7, 11) is 0.